The Morgan fingerprint density at radius 2 is 2.16 bits per heavy atom. The largest absolute Gasteiger partial charge is 0.470 e. The van der Waals surface area contributed by atoms with Crippen molar-refractivity contribution in [1.29, 1.82) is 0 Å². The summed E-state index contributed by atoms with van der Waals surface area (Å²) in [6.07, 6.45) is 1.40. The molecular weight excluding hydrogens is 359 g/mol. The fourth-order valence-corrected chi connectivity index (χ4v) is 2.08. The minimum absolute atomic E-state index is 0.00376. The van der Waals surface area contributed by atoms with Gasteiger partial charge >= 0.3 is 6.09 Å². The number of pyridine rings is 1. The van der Waals surface area contributed by atoms with Crippen molar-refractivity contribution in [1.82, 2.24) is 9.88 Å². The molecule has 1 aromatic rings. The first-order chi connectivity index (χ1) is 8.85. The summed E-state index contributed by atoms with van der Waals surface area (Å²) in [7, 11) is 0. The first kappa shape index (κ1) is 14.4. The molecular formula is C13H17IN2O3. The lowest BCUT2D eigenvalue weighted by atomic mass is 10.2. The first-order valence-electron chi connectivity index (χ1n) is 6.10. The van der Waals surface area contributed by atoms with Gasteiger partial charge in [0, 0.05) is 6.20 Å². The Hall–Kier alpha value is -1.05. The van der Waals surface area contributed by atoms with E-state index in [4.69, 9.17) is 9.47 Å². The molecule has 6 heteroatoms. The minimum atomic E-state index is -0.459. The average molecular weight is 376 g/mol. The molecule has 0 bridgehead atoms. The number of hydrogen-bond acceptors (Lipinski definition) is 4. The van der Waals surface area contributed by atoms with Gasteiger partial charge in [-0.05, 0) is 55.5 Å². The second-order valence-electron chi connectivity index (χ2n) is 5.42. The van der Waals surface area contributed by atoms with Gasteiger partial charge in [0.15, 0.2) is 0 Å². The highest BCUT2D eigenvalue weighted by atomic mass is 127. The first-order valence-corrected chi connectivity index (χ1v) is 7.18. The Morgan fingerprint density at radius 3 is 2.74 bits per heavy atom. The zero-order valence-electron chi connectivity index (χ0n) is 11.2. The Labute approximate surface area is 126 Å². The lowest BCUT2D eigenvalue weighted by Gasteiger charge is -2.39. The molecule has 1 fully saturated rings. The SMILES string of the molecule is CC(C)(C)OC(=O)N1CC(Oc2ncccc2I)C1. The summed E-state index contributed by atoms with van der Waals surface area (Å²) in [5.74, 6) is 0.622. The fourth-order valence-electron chi connectivity index (χ4n) is 1.60. The summed E-state index contributed by atoms with van der Waals surface area (Å²) in [5.41, 5.74) is -0.459. The van der Waals surface area contributed by atoms with Crippen molar-refractivity contribution >= 4 is 28.7 Å². The molecule has 2 rings (SSSR count). The van der Waals surface area contributed by atoms with Crippen LogP contribution < -0.4 is 4.74 Å². The van der Waals surface area contributed by atoms with Crippen LogP contribution in [-0.2, 0) is 4.74 Å². The lowest BCUT2D eigenvalue weighted by Crippen LogP contribution is -2.57. The van der Waals surface area contributed by atoms with Crippen molar-refractivity contribution < 1.29 is 14.3 Å². The molecule has 0 saturated carbocycles. The molecule has 0 aromatic carbocycles. The van der Waals surface area contributed by atoms with Crippen molar-refractivity contribution in [2.75, 3.05) is 13.1 Å². The van der Waals surface area contributed by atoms with E-state index in [1.54, 1.807) is 11.1 Å². The number of hydrogen-bond donors (Lipinski definition) is 0. The number of rotatable bonds is 2. The van der Waals surface area contributed by atoms with E-state index < -0.39 is 5.60 Å². The van der Waals surface area contributed by atoms with Gasteiger partial charge in [-0.3, -0.25) is 0 Å². The van der Waals surface area contributed by atoms with E-state index in [1.165, 1.54) is 0 Å². The summed E-state index contributed by atoms with van der Waals surface area (Å²) >= 11 is 2.18. The Bertz CT molecular complexity index is 467. The standard InChI is InChI=1S/C13H17IN2O3/c1-13(2,3)19-12(17)16-7-9(8-16)18-11-10(14)5-4-6-15-11/h4-6,9H,7-8H2,1-3H3. The Balaban J connectivity index is 1.81. The predicted octanol–water partition coefficient (Wildman–Crippen LogP) is 2.68. The van der Waals surface area contributed by atoms with Crippen LogP contribution in [0.3, 0.4) is 0 Å². The summed E-state index contributed by atoms with van der Waals surface area (Å²) in [5, 5.41) is 0. The topological polar surface area (TPSA) is 51.7 Å². The van der Waals surface area contributed by atoms with E-state index in [9.17, 15) is 4.79 Å². The highest BCUT2D eigenvalue weighted by molar-refractivity contribution is 14.1. The van der Waals surface area contributed by atoms with E-state index in [0.717, 1.165) is 3.57 Å². The molecule has 0 spiro atoms. The van der Waals surface area contributed by atoms with Crippen LogP contribution in [0.1, 0.15) is 20.8 Å². The number of ether oxygens (including phenoxy) is 2. The molecule has 2 heterocycles. The van der Waals surface area contributed by atoms with Crippen LogP contribution >= 0.6 is 22.6 Å². The van der Waals surface area contributed by atoms with Gasteiger partial charge in [-0.2, -0.15) is 0 Å². The van der Waals surface area contributed by atoms with Gasteiger partial charge in [0.2, 0.25) is 5.88 Å². The summed E-state index contributed by atoms with van der Waals surface area (Å²) in [6.45, 7) is 6.65. The van der Waals surface area contributed by atoms with Gasteiger partial charge in [0.1, 0.15) is 11.7 Å². The summed E-state index contributed by atoms with van der Waals surface area (Å²) in [6, 6.07) is 3.80. The summed E-state index contributed by atoms with van der Waals surface area (Å²) < 4.78 is 12.0. The quantitative estimate of drug-likeness (QED) is 0.745. The molecule has 1 aliphatic heterocycles. The number of carbonyl (C=O) groups excluding carboxylic acids is 1. The van der Waals surface area contributed by atoms with Crippen LogP contribution in [-0.4, -0.2) is 40.8 Å². The second-order valence-corrected chi connectivity index (χ2v) is 6.58. The number of likely N-dealkylation sites (tertiary alicyclic amines) is 1. The number of carbonyl (C=O) groups is 1. The van der Waals surface area contributed by atoms with Crippen LogP contribution in [0.2, 0.25) is 0 Å². The molecule has 0 atom stereocenters. The van der Waals surface area contributed by atoms with Crippen LogP contribution in [0.4, 0.5) is 4.79 Å². The van der Waals surface area contributed by atoms with Crippen molar-refractivity contribution in [3.63, 3.8) is 0 Å². The maximum absolute atomic E-state index is 11.7. The molecule has 0 aliphatic carbocycles. The Kier molecular flexibility index (Phi) is 4.17. The number of aromatic nitrogens is 1. The van der Waals surface area contributed by atoms with Gasteiger partial charge < -0.3 is 14.4 Å². The molecule has 0 unspecified atom stereocenters. The van der Waals surface area contributed by atoms with Crippen LogP contribution in [0, 0.1) is 3.57 Å². The predicted molar refractivity (Wildman–Crippen MR) is 79.2 cm³/mol. The average Bonchev–Trinajstić information content (AvgIpc) is 2.22. The number of amides is 1. The zero-order chi connectivity index (χ0) is 14.0. The maximum atomic E-state index is 11.7. The second kappa shape index (κ2) is 5.52. The third-order valence-corrected chi connectivity index (χ3v) is 3.32. The molecule has 0 radical (unpaired) electrons. The van der Waals surface area contributed by atoms with Crippen molar-refractivity contribution in [3.05, 3.63) is 21.9 Å². The van der Waals surface area contributed by atoms with E-state index in [-0.39, 0.29) is 12.2 Å². The van der Waals surface area contributed by atoms with Gasteiger partial charge in [-0.15, -0.1) is 0 Å². The molecule has 1 aromatic heterocycles. The smallest absolute Gasteiger partial charge is 0.410 e. The Morgan fingerprint density at radius 1 is 1.47 bits per heavy atom. The number of nitrogens with zero attached hydrogens (tertiary/aromatic N) is 2. The van der Waals surface area contributed by atoms with Gasteiger partial charge in [0.25, 0.3) is 0 Å². The van der Waals surface area contributed by atoms with E-state index in [2.05, 4.69) is 27.6 Å². The molecule has 5 nitrogen and oxygen atoms in total. The monoisotopic (exact) mass is 376 g/mol. The van der Waals surface area contributed by atoms with Gasteiger partial charge in [0.05, 0.1) is 16.7 Å². The molecule has 104 valence electrons. The van der Waals surface area contributed by atoms with E-state index >= 15 is 0 Å². The van der Waals surface area contributed by atoms with Crippen LogP contribution in [0.5, 0.6) is 5.88 Å². The third kappa shape index (κ3) is 3.95. The van der Waals surface area contributed by atoms with Gasteiger partial charge in [-0.25, -0.2) is 9.78 Å². The zero-order valence-corrected chi connectivity index (χ0v) is 13.4. The van der Waals surface area contributed by atoms with Crippen molar-refractivity contribution in [2.24, 2.45) is 0 Å². The molecule has 0 N–H and O–H groups in total. The number of halogens is 1. The molecule has 1 saturated heterocycles. The van der Waals surface area contributed by atoms with Gasteiger partial charge in [-0.1, -0.05) is 0 Å². The van der Waals surface area contributed by atoms with E-state index in [0.29, 0.717) is 19.0 Å². The fraction of sp³-hybridized carbons (Fsp3) is 0.538. The van der Waals surface area contributed by atoms with Crippen molar-refractivity contribution in [2.45, 2.75) is 32.5 Å². The molecule has 1 amide bonds. The minimum Gasteiger partial charge on any atom is -0.470 e. The maximum Gasteiger partial charge on any atom is 0.410 e. The van der Waals surface area contributed by atoms with E-state index in [1.807, 2.05) is 32.9 Å². The van der Waals surface area contributed by atoms with Crippen molar-refractivity contribution in [3.8, 4) is 5.88 Å². The highest BCUT2D eigenvalue weighted by Gasteiger charge is 2.35. The normalized spacial score (nSPS) is 15.9. The molecule has 19 heavy (non-hydrogen) atoms. The third-order valence-electron chi connectivity index (χ3n) is 2.50. The lowest BCUT2D eigenvalue weighted by molar-refractivity contribution is -0.0234. The highest BCUT2D eigenvalue weighted by Crippen LogP contribution is 2.22. The van der Waals surface area contributed by atoms with Crippen LogP contribution in [0.25, 0.3) is 0 Å². The molecule has 1 aliphatic rings. The van der Waals surface area contributed by atoms with Crippen LogP contribution in [0.15, 0.2) is 18.3 Å². The summed E-state index contributed by atoms with van der Waals surface area (Å²) in [4.78, 5) is 17.5.